The van der Waals surface area contributed by atoms with Gasteiger partial charge in [0.1, 0.15) is 12.7 Å². The number of carbonyl (C=O) groups excluding carboxylic acids is 3. The molecule has 0 saturated carbocycles. The lowest BCUT2D eigenvalue weighted by Crippen LogP contribution is -2.30. The molecule has 424 valence electrons. The van der Waals surface area contributed by atoms with Gasteiger partial charge < -0.3 is 24.2 Å². The number of ether oxygens (including phenoxy) is 3. The molecule has 0 aliphatic rings. The fourth-order valence-electron chi connectivity index (χ4n) is 8.74. The number of phosphoric ester groups is 1. The minimum Gasteiger partial charge on any atom is -0.462 e. The van der Waals surface area contributed by atoms with E-state index in [4.69, 9.17) is 23.3 Å². The van der Waals surface area contributed by atoms with Crippen molar-refractivity contribution in [3.8, 4) is 0 Å². The van der Waals surface area contributed by atoms with Gasteiger partial charge in [0.25, 0.3) is 0 Å². The number of hydrogen-bond donors (Lipinski definition) is 2. The fraction of sp³-hybridized carbons (Fsp3) is 0.883. The van der Waals surface area contributed by atoms with E-state index in [1.807, 2.05) is 0 Å². The average Bonchev–Trinajstić information content (AvgIpc) is 3.37. The van der Waals surface area contributed by atoms with E-state index in [1.165, 1.54) is 173 Å². The SMILES string of the molecule is CCCCC/C=C\C/C=C\CCCCCCCCCCCC(=O)OC(COC(=O)CCCCCCCCCCCCCCC)COP(=O)(O)OCC(CO)OC(=O)CCCCCCCCCCCCCCC. The molecular weight excluding hydrogens is 928 g/mol. The molecule has 0 bridgehead atoms. The smallest absolute Gasteiger partial charge is 0.462 e. The van der Waals surface area contributed by atoms with E-state index in [0.717, 1.165) is 70.6 Å². The Balaban J connectivity index is 4.67. The van der Waals surface area contributed by atoms with Crippen molar-refractivity contribution in [1.29, 1.82) is 0 Å². The molecule has 0 aromatic heterocycles. The second kappa shape index (κ2) is 55.2. The van der Waals surface area contributed by atoms with E-state index in [0.29, 0.717) is 19.3 Å². The topological polar surface area (TPSA) is 155 Å². The molecule has 0 aromatic rings. The van der Waals surface area contributed by atoms with Crippen molar-refractivity contribution in [3.05, 3.63) is 24.3 Å². The summed E-state index contributed by atoms with van der Waals surface area (Å²) in [4.78, 5) is 48.6. The Bertz CT molecular complexity index is 1310. The van der Waals surface area contributed by atoms with Crippen LogP contribution >= 0.6 is 7.82 Å². The molecule has 0 radical (unpaired) electrons. The van der Waals surface area contributed by atoms with Crippen molar-refractivity contribution in [3.63, 3.8) is 0 Å². The van der Waals surface area contributed by atoms with Crippen LogP contribution in [0, 0.1) is 0 Å². The predicted molar refractivity (Wildman–Crippen MR) is 298 cm³/mol. The Morgan fingerprint density at radius 3 is 1.06 bits per heavy atom. The molecule has 0 amide bonds. The van der Waals surface area contributed by atoms with E-state index in [1.54, 1.807) is 0 Å². The van der Waals surface area contributed by atoms with Crippen molar-refractivity contribution in [1.82, 2.24) is 0 Å². The number of hydrogen-bond acceptors (Lipinski definition) is 10. The van der Waals surface area contributed by atoms with E-state index in [9.17, 15) is 28.9 Å². The lowest BCUT2D eigenvalue weighted by atomic mass is 10.0. The van der Waals surface area contributed by atoms with Crippen molar-refractivity contribution in [2.45, 2.75) is 315 Å². The van der Waals surface area contributed by atoms with Crippen LogP contribution in [0.1, 0.15) is 303 Å². The van der Waals surface area contributed by atoms with Crippen molar-refractivity contribution < 1.29 is 52.2 Å². The van der Waals surface area contributed by atoms with Crippen LogP contribution in [0.5, 0.6) is 0 Å². The molecule has 0 aromatic carbocycles. The molecule has 12 heteroatoms. The van der Waals surface area contributed by atoms with E-state index in [-0.39, 0.29) is 25.9 Å². The van der Waals surface area contributed by atoms with Crippen molar-refractivity contribution >= 4 is 25.7 Å². The summed E-state index contributed by atoms with van der Waals surface area (Å²) in [6.45, 7) is 4.67. The van der Waals surface area contributed by atoms with Crippen LogP contribution < -0.4 is 0 Å². The molecule has 2 N–H and O–H groups in total. The molecule has 0 aliphatic carbocycles. The molecule has 0 aliphatic heterocycles. The summed E-state index contributed by atoms with van der Waals surface area (Å²) in [6.07, 6.45) is 55.5. The highest BCUT2D eigenvalue weighted by atomic mass is 31.2. The third kappa shape index (κ3) is 52.8. The second-order valence-electron chi connectivity index (χ2n) is 20.5. The minimum absolute atomic E-state index is 0.168. The highest BCUT2D eigenvalue weighted by molar-refractivity contribution is 7.47. The minimum atomic E-state index is -4.74. The van der Waals surface area contributed by atoms with E-state index >= 15 is 0 Å². The highest BCUT2D eigenvalue weighted by Crippen LogP contribution is 2.43. The lowest BCUT2D eigenvalue weighted by molar-refractivity contribution is -0.161. The molecule has 0 spiro atoms. The van der Waals surface area contributed by atoms with Gasteiger partial charge in [-0.15, -0.1) is 0 Å². The maximum absolute atomic E-state index is 12.9. The maximum Gasteiger partial charge on any atom is 0.472 e. The Labute approximate surface area is 442 Å². The van der Waals surface area contributed by atoms with Gasteiger partial charge in [0.15, 0.2) is 6.10 Å². The van der Waals surface area contributed by atoms with Gasteiger partial charge >= 0.3 is 25.7 Å². The summed E-state index contributed by atoms with van der Waals surface area (Å²) < 4.78 is 39.6. The summed E-state index contributed by atoms with van der Waals surface area (Å²) in [6, 6.07) is 0. The number of rotatable bonds is 57. The Morgan fingerprint density at radius 1 is 0.389 bits per heavy atom. The number of aliphatic hydroxyl groups excluding tert-OH is 1. The number of phosphoric acid groups is 1. The third-order valence-corrected chi connectivity index (χ3v) is 14.3. The van der Waals surface area contributed by atoms with Gasteiger partial charge in [-0.2, -0.15) is 0 Å². The number of esters is 3. The molecule has 3 atom stereocenters. The Kier molecular flexibility index (Phi) is 53.6. The largest absolute Gasteiger partial charge is 0.472 e. The van der Waals surface area contributed by atoms with Crippen LogP contribution in [0.2, 0.25) is 0 Å². The molecular formula is C60H113O11P. The van der Waals surface area contributed by atoms with Gasteiger partial charge in [0.05, 0.1) is 19.8 Å². The first kappa shape index (κ1) is 70.0. The first-order valence-electron chi connectivity index (χ1n) is 30.2. The average molecular weight is 1040 g/mol. The number of allylic oxidation sites excluding steroid dienone is 4. The standard InChI is InChI=1S/C60H113O11P/c1-4-7-10-13-16-19-22-25-26-27-28-29-30-33-36-39-42-45-48-51-60(64)71-57(53-67-58(62)49-46-43-40-37-34-31-23-20-17-14-11-8-5-2)55-69-72(65,66)68-54-56(52-61)70-59(63)50-47-44-41-38-35-32-24-21-18-15-12-9-6-3/h16,19,25-26,56-57,61H,4-15,17-18,20-24,27-55H2,1-3H3,(H,65,66)/b19-16-,26-25-. The molecule has 0 heterocycles. The number of carbonyl (C=O) groups is 3. The van der Waals surface area contributed by atoms with Crippen molar-refractivity contribution in [2.24, 2.45) is 0 Å². The molecule has 3 unspecified atom stereocenters. The van der Waals surface area contributed by atoms with E-state index in [2.05, 4.69) is 45.1 Å². The summed E-state index contributed by atoms with van der Waals surface area (Å²) in [5.74, 6) is -1.44. The maximum atomic E-state index is 12.9. The first-order chi connectivity index (χ1) is 35.2. The summed E-state index contributed by atoms with van der Waals surface area (Å²) in [7, 11) is -4.74. The summed E-state index contributed by atoms with van der Waals surface area (Å²) in [5.41, 5.74) is 0. The Hall–Kier alpha value is -2.04. The van der Waals surface area contributed by atoms with Gasteiger partial charge in [-0.1, -0.05) is 257 Å². The monoisotopic (exact) mass is 1040 g/mol. The van der Waals surface area contributed by atoms with Gasteiger partial charge in [0.2, 0.25) is 0 Å². The molecule has 72 heavy (non-hydrogen) atoms. The van der Waals surface area contributed by atoms with Gasteiger partial charge in [-0.25, -0.2) is 4.57 Å². The van der Waals surface area contributed by atoms with Crippen LogP contribution in [0.4, 0.5) is 0 Å². The molecule has 0 saturated heterocycles. The van der Waals surface area contributed by atoms with Gasteiger partial charge in [-0.3, -0.25) is 23.4 Å². The molecule has 0 fully saturated rings. The Morgan fingerprint density at radius 2 is 0.681 bits per heavy atom. The molecule has 11 nitrogen and oxygen atoms in total. The zero-order valence-electron chi connectivity index (χ0n) is 46.9. The predicted octanol–water partition coefficient (Wildman–Crippen LogP) is 17.8. The lowest BCUT2D eigenvalue weighted by Gasteiger charge is -2.21. The van der Waals surface area contributed by atoms with Crippen LogP contribution in [0.3, 0.4) is 0 Å². The highest BCUT2D eigenvalue weighted by Gasteiger charge is 2.28. The first-order valence-corrected chi connectivity index (χ1v) is 31.7. The van der Waals surface area contributed by atoms with Crippen LogP contribution in [0.25, 0.3) is 0 Å². The summed E-state index contributed by atoms with van der Waals surface area (Å²) in [5, 5.41) is 9.81. The van der Waals surface area contributed by atoms with E-state index < -0.39 is 57.8 Å². The number of unbranched alkanes of at least 4 members (excludes halogenated alkanes) is 36. The quantitative estimate of drug-likeness (QED) is 0.0197. The fourth-order valence-corrected chi connectivity index (χ4v) is 9.53. The normalized spacial score (nSPS) is 13.5. The van der Waals surface area contributed by atoms with Crippen LogP contribution in [-0.4, -0.2) is 66.5 Å². The van der Waals surface area contributed by atoms with Crippen LogP contribution in [0.15, 0.2) is 24.3 Å². The van der Waals surface area contributed by atoms with Crippen molar-refractivity contribution in [2.75, 3.05) is 26.4 Å². The number of aliphatic hydroxyl groups is 1. The summed E-state index contributed by atoms with van der Waals surface area (Å²) >= 11 is 0. The second-order valence-corrected chi connectivity index (χ2v) is 22.0. The zero-order valence-corrected chi connectivity index (χ0v) is 47.8. The van der Waals surface area contributed by atoms with Gasteiger partial charge in [-0.05, 0) is 51.4 Å². The third-order valence-electron chi connectivity index (χ3n) is 13.4. The van der Waals surface area contributed by atoms with Gasteiger partial charge in [0, 0.05) is 19.3 Å². The van der Waals surface area contributed by atoms with Crippen LogP contribution in [-0.2, 0) is 42.2 Å². The molecule has 0 rings (SSSR count). The zero-order chi connectivity index (χ0) is 52.7.